The molecule has 2 heterocycles. The van der Waals surface area contributed by atoms with Gasteiger partial charge in [0, 0.05) is 37.2 Å². The molecule has 4 rings (SSSR count). The van der Waals surface area contributed by atoms with Crippen molar-refractivity contribution in [2.45, 2.75) is 57.2 Å². The highest BCUT2D eigenvalue weighted by Gasteiger charge is 2.30. The number of aromatic nitrogens is 1. The van der Waals surface area contributed by atoms with Crippen LogP contribution in [0.1, 0.15) is 60.3 Å². The number of nitrogens with zero attached hydrogens (tertiary/aromatic N) is 2. The number of carbonyl (C=O) groups is 1. The average molecular weight is 339 g/mol. The van der Waals surface area contributed by atoms with E-state index in [2.05, 4.69) is 46.6 Å². The minimum absolute atomic E-state index is 0.107. The molecule has 0 radical (unpaired) electrons. The largest absolute Gasteiger partial charge is 0.360 e. The predicted octanol–water partition coefficient (Wildman–Crippen LogP) is 3.33. The van der Waals surface area contributed by atoms with Gasteiger partial charge in [0.1, 0.15) is 5.76 Å². The van der Waals surface area contributed by atoms with Gasteiger partial charge in [-0.3, -0.25) is 9.69 Å². The van der Waals surface area contributed by atoms with Crippen LogP contribution in [-0.2, 0) is 6.54 Å². The molecule has 2 aliphatic rings. The number of benzene rings is 1. The number of hydrogen-bond acceptors (Lipinski definition) is 4. The summed E-state index contributed by atoms with van der Waals surface area (Å²) >= 11 is 0. The summed E-state index contributed by atoms with van der Waals surface area (Å²) in [5, 5.41) is 7.07. The number of piperidine rings is 1. The molecule has 1 N–H and O–H groups in total. The first-order valence-electron chi connectivity index (χ1n) is 9.24. The van der Waals surface area contributed by atoms with Gasteiger partial charge in [0.25, 0.3) is 5.91 Å². The second-order valence-electron chi connectivity index (χ2n) is 7.39. The van der Waals surface area contributed by atoms with E-state index in [0.717, 1.165) is 44.5 Å². The molecule has 2 aromatic rings. The monoisotopic (exact) mass is 339 g/mol. The molecule has 5 heteroatoms. The normalized spacial score (nSPS) is 24.2. The van der Waals surface area contributed by atoms with Crippen molar-refractivity contribution in [2.24, 2.45) is 0 Å². The van der Waals surface area contributed by atoms with Gasteiger partial charge < -0.3 is 9.84 Å². The summed E-state index contributed by atoms with van der Waals surface area (Å²) < 4.78 is 5.28. The Labute approximate surface area is 148 Å². The summed E-state index contributed by atoms with van der Waals surface area (Å²) in [6, 6.07) is 13.0. The molecule has 1 aromatic heterocycles. The van der Waals surface area contributed by atoms with Gasteiger partial charge in [0.05, 0.1) is 0 Å². The Morgan fingerprint density at radius 2 is 2.08 bits per heavy atom. The van der Waals surface area contributed by atoms with Gasteiger partial charge in [-0.2, -0.15) is 0 Å². The lowest BCUT2D eigenvalue weighted by molar-refractivity contribution is 0.0858. The first-order valence-corrected chi connectivity index (χ1v) is 9.24. The summed E-state index contributed by atoms with van der Waals surface area (Å²) in [6.07, 6.45) is 4.23. The zero-order valence-corrected chi connectivity index (χ0v) is 14.6. The van der Waals surface area contributed by atoms with Crippen molar-refractivity contribution in [2.75, 3.05) is 6.54 Å². The highest BCUT2D eigenvalue weighted by Crippen LogP contribution is 2.40. The fourth-order valence-electron chi connectivity index (χ4n) is 3.62. The van der Waals surface area contributed by atoms with Crippen molar-refractivity contribution in [1.29, 1.82) is 0 Å². The van der Waals surface area contributed by atoms with Gasteiger partial charge in [-0.05, 0) is 38.2 Å². The fourth-order valence-corrected chi connectivity index (χ4v) is 3.62. The molecule has 1 amide bonds. The minimum atomic E-state index is -0.107. The van der Waals surface area contributed by atoms with Crippen LogP contribution in [0.4, 0.5) is 0 Å². The maximum atomic E-state index is 12.4. The lowest BCUT2D eigenvalue weighted by Gasteiger charge is -2.37. The molecule has 1 aliphatic heterocycles. The Kier molecular flexibility index (Phi) is 4.57. The van der Waals surface area contributed by atoms with E-state index in [1.165, 1.54) is 5.56 Å². The predicted molar refractivity (Wildman–Crippen MR) is 95.3 cm³/mol. The van der Waals surface area contributed by atoms with Crippen LogP contribution in [0.25, 0.3) is 0 Å². The molecule has 0 bridgehead atoms. The van der Waals surface area contributed by atoms with Gasteiger partial charge in [-0.1, -0.05) is 35.5 Å². The number of rotatable bonds is 5. The van der Waals surface area contributed by atoms with Crippen LogP contribution in [-0.4, -0.2) is 34.6 Å². The van der Waals surface area contributed by atoms with E-state index in [9.17, 15) is 4.79 Å². The van der Waals surface area contributed by atoms with Crippen molar-refractivity contribution in [3.63, 3.8) is 0 Å². The van der Waals surface area contributed by atoms with E-state index >= 15 is 0 Å². The number of likely N-dealkylation sites (tertiary alicyclic amines) is 1. The van der Waals surface area contributed by atoms with Crippen molar-refractivity contribution in [1.82, 2.24) is 15.4 Å². The number of nitrogens with one attached hydrogen (secondary N) is 1. The molecule has 132 valence electrons. The molecule has 1 saturated heterocycles. The third-order valence-corrected chi connectivity index (χ3v) is 5.32. The topological polar surface area (TPSA) is 58.4 Å². The smallest absolute Gasteiger partial charge is 0.273 e. The summed E-state index contributed by atoms with van der Waals surface area (Å²) in [7, 11) is 0. The molecule has 2 fully saturated rings. The minimum Gasteiger partial charge on any atom is -0.360 e. The SMILES string of the molecule is CC1CC(NC(=O)c2cc(C3CC3)on2)CCN1Cc1ccccc1. The third-order valence-electron chi connectivity index (χ3n) is 5.32. The fraction of sp³-hybridized carbons (Fsp3) is 0.500. The Balaban J connectivity index is 1.30. The van der Waals surface area contributed by atoms with E-state index in [4.69, 9.17) is 4.52 Å². The first-order chi connectivity index (χ1) is 12.2. The maximum Gasteiger partial charge on any atom is 0.273 e. The molecule has 1 aliphatic carbocycles. The van der Waals surface area contributed by atoms with Crippen molar-refractivity contribution in [3.8, 4) is 0 Å². The van der Waals surface area contributed by atoms with Crippen LogP contribution in [0.2, 0.25) is 0 Å². The zero-order valence-electron chi connectivity index (χ0n) is 14.6. The molecule has 0 spiro atoms. The molecule has 1 saturated carbocycles. The van der Waals surface area contributed by atoms with Crippen LogP contribution in [0.15, 0.2) is 40.9 Å². The van der Waals surface area contributed by atoms with Gasteiger partial charge in [0.2, 0.25) is 0 Å². The highest BCUT2D eigenvalue weighted by molar-refractivity contribution is 5.92. The molecule has 2 unspecified atom stereocenters. The summed E-state index contributed by atoms with van der Waals surface area (Å²) in [5.74, 6) is 1.23. The van der Waals surface area contributed by atoms with Crippen molar-refractivity contribution < 1.29 is 9.32 Å². The molecule has 2 atom stereocenters. The Morgan fingerprint density at radius 1 is 1.28 bits per heavy atom. The number of amides is 1. The highest BCUT2D eigenvalue weighted by atomic mass is 16.5. The lowest BCUT2D eigenvalue weighted by atomic mass is 9.97. The van der Waals surface area contributed by atoms with E-state index in [1.807, 2.05) is 6.07 Å². The van der Waals surface area contributed by atoms with Crippen LogP contribution < -0.4 is 5.32 Å². The first kappa shape index (κ1) is 16.3. The van der Waals surface area contributed by atoms with Crippen molar-refractivity contribution in [3.05, 3.63) is 53.4 Å². The Hall–Kier alpha value is -2.14. The van der Waals surface area contributed by atoms with Crippen LogP contribution >= 0.6 is 0 Å². The quantitative estimate of drug-likeness (QED) is 0.908. The summed E-state index contributed by atoms with van der Waals surface area (Å²) in [6.45, 7) is 4.20. The van der Waals surface area contributed by atoms with E-state index in [0.29, 0.717) is 17.7 Å². The molecular weight excluding hydrogens is 314 g/mol. The van der Waals surface area contributed by atoms with Crippen LogP contribution in [0.5, 0.6) is 0 Å². The molecule has 5 nitrogen and oxygen atoms in total. The van der Waals surface area contributed by atoms with Gasteiger partial charge in [-0.15, -0.1) is 0 Å². The van der Waals surface area contributed by atoms with Crippen LogP contribution in [0.3, 0.4) is 0 Å². The lowest BCUT2D eigenvalue weighted by Crippen LogP contribution is -2.48. The van der Waals surface area contributed by atoms with E-state index in [-0.39, 0.29) is 11.9 Å². The zero-order chi connectivity index (χ0) is 17.2. The molecule has 25 heavy (non-hydrogen) atoms. The Bertz CT molecular complexity index is 724. The van der Waals surface area contributed by atoms with E-state index in [1.54, 1.807) is 6.07 Å². The second-order valence-corrected chi connectivity index (χ2v) is 7.39. The Morgan fingerprint density at radius 3 is 2.80 bits per heavy atom. The summed E-state index contributed by atoms with van der Waals surface area (Å²) in [4.78, 5) is 14.9. The molecular formula is C20H25N3O2. The maximum absolute atomic E-state index is 12.4. The third kappa shape index (κ3) is 3.93. The second kappa shape index (κ2) is 7.00. The van der Waals surface area contributed by atoms with Crippen molar-refractivity contribution >= 4 is 5.91 Å². The van der Waals surface area contributed by atoms with E-state index < -0.39 is 0 Å². The molecule has 1 aromatic carbocycles. The number of carbonyl (C=O) groups excluding carboxylic acids is 1. The average Bonchev–Trinajstić information content (AvgIpc) is 3.35. The van der Waals surface area contributed by atoms with Gasteiger partial charge >= 0.3 is 0 Å². The standard InChI is InChI=1S/C20H25N3O2/c1-14-11-17(9-10-23(14)13-15-5-3-2-4-6-15)21-20(24)18-12-19(25-22-18)16-7-8-16/h2-6,12,14,16-17H,7-11,13H2,1H3,(H,21,24). The van der Waals surface area contributed by atoms with Gasteiger partial charge in [0.15, 0.2) is 5.69 Å². The van der Waals surface area contributed by atoms with Crippen LogP contribution in [0, 0.1) is 0 Å². The summed E-state index contributed by atoms with van der Waals surface area (Å²) in [5.41, 5.74) is 1.76. The number of hydrogen-bond donors (Lipinski definition) is 1. The van der Waals surface area contributed by atoms with Gasteiger partial charge in [-0.25, -0.2) is 0 Å².